The van der Waals surface area contributed by atoms with Crippen LogP contribution in [-0.2, 0) is 9.53 Å². The van der Waals surface area contributed by atoms with E-state index in [9.17, 15) is 9.59 Å². The van der Waals surface area contributed by atoms with E-state index in [-0.39, 0.29) is 11.6 Å². The van der Waals surface area contributed by atoms with Gasteiger partial charge in [-0.25, -0.2) is 4.79 Å². The molecule has 7 heteroatoms. The van der Waals surface area contributed by atoms with Crippen LogP contribution >= 0.6 is 0 Å². The molecule has 0 aromatic carbocycles. The van der Waals surface area contributed by atoms with Crippen molar-refractivity contribution in [2.24, 2.45) is 5.92 Å². The van der Waals surface area contributed by atoms with Crippen molar-refractivity contribution in [2.75, 3.05) is 24.5 Å². The predicted molar refractivity (Wildman–Crippen MR) is 97.9 cm³/mol. The molecule has 7 nitrogen and oxygen atoms in total. The zero-order valence-electron chi connectivity index (χ0n) is 15.4. The van der Waals surface area contributed by atoms with E-state index < -0.39 is 12.1 Å². The molecule has 1 N–H and O–H groups in total. The van der Waals surface area contributed by atoms with Gasteiger partial charge >= 0.3 is 5.97 Å². The van der Waals surface area contributed by atoms with Crippen molar-refractivity contribution in [1.29, 1.82) is 0 Å². The van der Waals surface area contributed by atoms with Gasteiger partial charge in [0, 0.05) is 19.6 Å². The fourth-order valence-electron chi connectivity index (χ4n) is 3.60. The average molecular weight is 360 g/mol. The molecule has 2 aliphatic rings. The van der Waals surface area contributed by atoms with Crippen molar-refractivity contribution in [3.05, 3.63) is 17.8 Å². The molecule has 1 atom stereocenters. The van der Waals surface area contributed by atoms with Crippen LogP contribution in [0.4, 0.5) is 5.82 Å². The summed E-state index contributed by atoms with van der Waals surface area (Å²) in [5.41, 5.74) is 0.125. The van der Waals surface area contributed by atoms with Crippen LogP contribution in [0.5, 0.6) is 0 Å². The first-order chi connectivity index (χ1) is 12.6. The second-order valence-electron chi connectivity index (χ2n) is 7.27. The number of esters is 1. The zero-order valence-corrected chi connectivity index (χ0v) is 15.4. The number of carbonyl (C=O) groups excluding carboxylic acids is 2. The number of hydrogen-bond acceptors (Lipinski definition) is 6. The van der Waals surface area contributed by atoms with Gasteiger partial charge in [-0.1, -0.05) is 19.3 Å². The number of nitrogens with one attached hydrogen (secondary N) is 1. The molecule has 1 aliphatic heterocycles. The zero-order chi connectivity index (χ0) is 18.4. The molecule has 0 unspecified atom stereocenters. The molecular weight excluding hydrogens is 332 g/mol. The number of nitrogens with zero attached hydrogens (tertiary/aromatic N) is 3. The third-order valence-corrected chi connectivity index (χ3v) is 5.23. The third-order valence-electron chi connectivity index (χ3n) is 5.23. The quantitative estimate of drug-likeness (QED) is 0.784. The number of aromatic nitrogens is 2. The van der Waals surface area contributed by atoms with Gasteiger partial charge in [-0.05, 0) is 50.7 Å². The Morgan fingerprint density at radius 1 is 1.15 bits per heavy atom. The highest BCUT2D eigenvalue weighted by Crippen LogP contribution is 2.22. The van der Waals surface area contributed by atoms with Crippen LogP contribution in [0.3, 0.4) is 0 Å². The van der Waals surface area contributed by atoms with Crippen molar-refractivity contribution in [3.8, 4) is 0 Å². The lowest BCUT2D eigenvalue weighted by atomic mass is 9.89. The number of carbonyl (C=O) groups is 2. The molecule has 1 amide bonds. The lowest BCUT2D eigenvalue weighted by Gasteiger charge is -2.22. The Kier molecular flexibility index (Phi) is 6.41. The third kappa shape index (κ3) is 4.93. The van der Waals surface area contributed by atoms with Gasteiger partial charge in [0.05, 0.1) is 0 Å². The van der Waals surface area contributed by atoms with Crippen LogP contribution in [0.15, 0.2) is 12.1 Å². The van der Waals surface area contributed by atoms with Crippen LogP contribution in [0.2, 0.25) is 0 Å². The van der Waals surface area contributed by atoms with Crippen molar-refractivity contribution >= 4 is 17.7 Å². The lowest BCUT2D eigenvalue weighted by Crippen LogP contribution is -2.38. The van der Waals surface area contributed by atoms with Gasteiger partial charge in [0.1, 0.15) is 0 Å². The van der Waals surface area contributed by atoms with Gasteiger partial charge in [-0.3, -0.25) is 4.79 Å². The second-order valence-corrected chi connectivity index (χ2v) is 7.27. The number of ether oxygens (including phenoxy) is 1. The topological polar surface area (TPSA) is 84.4 Å². The molecule has 0 radical (unpaired) electrons. The summed E-state index contributed by atoms with van der Waals surface area (Å²) in [4.78, 5) is 26.5. The van der Waals surface area contributed by atoms with Crippen LogP contribution in [0.1, 0.15) is 62.4 Å². The maximum atomic E-state index is 12.2. The average Bonchev–Trinajstić information content (AvgIpc) is 3.21. The molecule has 1 saturated heterocycles. The van der Waals surface area contributed by atoms with E-state index in [4.69, 9.17) is 4.74 Å². The summed E-state index contributed by atoms with van der Waals surface area (Å²) in [6.45, 7) is 4.18. The van der Waals surface area contributed by atoms with Gasteiger partial charge < -0.3 is 15.0 Å². The monoisotopic (exact) mass is 360 g/mol. The minimum absolute atomic E-state index is 0.125. The minimum Gasteiger partial charge on any atom is -0.448 e. The van der Waals surface area contributed by atoms with Gasteiger partial charge in [0.25, 0.3) is 5.91 Å². The second kappa shape index (κ2) is 8.96. The van der Waals surface area contributed by atoms with Gasteiger partial charge in [-0.2, -0.15) is 0 Å². The summed E-state index contributed by atoms with van der Waals surface area (Å²) in [6, 6.07) is 3.39. The first-order valence-electron chi connectivity index (χ1n) is 9.71. The van der Waals surface area contributed by atoms with Gasteiger partial charge in [0.15, 0.2) is 17.6 Å². The summed E-state index contributed by atoms with van der Waals surface area (Å²) in [5.74, 6) is 0.438. The van der Waals surface area contributed by atoms with E-state index in [2.05, 4.69) is 20.4 Å². The largest absolute Gasteiger partial charge is 0.448 e. The fraction of sp³-hybridized carbons (Fsp3) is 0.684. The highest BCUT2D eigenvalue weighted by atomic mass is 16.5. The Hall–Kier alpha value is -2.18. The van der Waals surface area contributed by atoms with E-state index >= 15 is 0 Å². The van der Waals surface area contributed by atoms with Gasteiger partial charge in [0.2, 0.25) is 0 Å². The van der Waals surface area contributed by atoms with Gasteiger partial charge in [-0.15, -0.1) is 10.2 Å². The molecule has 2 fully saturated rings. The Bertz CT molecular complexity index is 608. The van der Waals surface area contributed by atoms with Crippen LogP contribution in [0, 0.1) is 5.92 Å². The van der Waals surface area contributed by atoms with E-state index in [0.717, 1.165) is 44.6 Å². The first kappa shape index (κ1) is 18.6. The molecule has 0 spiro atoms. The molecule has 3 rings (SSSR count). The van der Waals surface area contributed by atoms with Crippen LogP contribution in [0.25, 0.3) is 0 Å². The minimum atomic E-state index is -0.842. The van der Waals surface area contributed by atoms with Crippen molar-refractivity contribution in [2.45, 2.75) is 58.0 Å². The fourth-order valence-corrected chi connectivity index (χ4v) is 3.60. The summed E-state index contributed by atoms with van der Waals surface area (Å²) in [7, 11) is 0. The first-order valence-corrected chi connectivity index (χ1v) is 9.71. The smallest absolute Gasteiger partial charge is 0.359 e. The number of amides is 1. The Labute approximate surface area is 154 Å². The molecule has 2 heterocycles. The molecule has 1 saturated carbocycles. The van der Waals surface area contributed by atoms with Crippen molar-refractivity contribution in [3.63, 3.8) is 0 Å². The maximum absolute atomic E-state index is 12.2. The Morgan fingerprint density at radius 3 is 2.54 bits per heavy atom. The van der Waals surface area contributed by atoms with E-state index in [1.54, 1.807) is 19.1 Å². The lowest BCUT2D eigenvalue weighted by molar-refractivity contribution is -0.129. The summed E-state index contributed by atoms with van der Waals surface area (Å²) >= 11 is 0. The molecule has 142 valence electrons. The standard InChI is InChI=1S/C19H28N4O3/c1-14(18(24)20-13-15-7-3-2-4-8-15)26-19(25)16-9-10-17(22-21-16)23-11-5-6-12-23/h9-10,14-15H,2-8,11-13H2,1H3,(H,20,24)/t14-/m0/s1. The molecule has 1 aliphatic carbocycles. The van der Waals surface area contributed by atoms with E-state index in [1.165, 1.54) is 19.3 Å². The Balaban J connectivity index is 1.46. The summed E-state index contributed by atoms with van der Waals surface area (Å²) in [6.07, 6.45) is 7.54. The maximum Gasteiger partial charge on any atom is 0.359 e. The highest BCUT2D eigenvalue weighted by Gasteiger charge is 2.22. The van der Waals surface area contributed by atoms with Crippen molar-refractivity contribution < 1.29 is 14.3 Å². The van der Waals surface area contributed by atoms with E-state index in [1.807, 2.05) is 0 Å². The number of hydrogen-bond donors (Lipinski definition) is 1. The predicted octanol–water partition coefficient (Wildman–Crippen LogP) is 2.32. The molecule has 0 bridgehead atoms. The summed E-state index contributed by atoms with van der Waals surface area (Å²) < 4.78 is 5.24. The molecule has 26 heavy (non-hydrogen) atoms. The normalized spacial score (nSPS) is 19.2. The number of anilines is 1. The molecule has 1 aromatic heterocycles. The Morgan fingerprint density at radius 2 is 1.88 bits per heavy atom. The van der Waals surface area contributed by atoms with Crippen LogP contribution < -0.4 is 10.2 Å². The SMILES string of the molecule is C[C@H](OC(=O)c1ccc(N2CCCC2)nn1)C(=O)NCC1CCCCC1. The van der Waals surface area contributed by atoms with Crippen LogP contribution in [-0.4, -0.2) is 47.8 Å². The number of rotatable bonds is 6. The summed E-state index contributed by atoms with van der Waals surface area (Å²) in [5, 5.41) is 11.0. The van der Waals surface area contributed by atoms with E-state index in [0.29, 0.717) is 12.5 Å². The van der Waals surface area contributed by atoms with Crippen molar-refractivity contribution in [1.82, 2.24) is 15.5 Å². The molecular formula is C19H28N4O3. The highest BCUT2D eigenvalue weighted by molar-refractivity contribution is 5.90. The molecule has 1 aromatic rings.